The summed E-state index contributed by atoms with van der Waals surface area (Å²) in [5, 5.41) is 11.7. The summed E-state index contributed by atoms with van der Waals surface area (Å²) in [6.45, 7) is 3.05. The van der Waals surface area contributed by atoms with Crippen LogP contribution in [0.25, 0.3) is 0 Å². The van der Waals surface area contributed by atoms with Crippen LogP contribution in [0.4, 0.5) is 5.69 Å². The Labute approximate surface area is 210 Å². The molecule has 2 aromatic carbocycles. The van der Waals surface area contributed by atoms with Crippen molar-refractivity contribution in [3.05, 3.63) is 98.9 Å². The Bertz CT molecular complexity index is 1250. The van der Waals surface area contributed by atoms with Gasteiger partial charge in [-0.3, -0.25) is 14.5 Å². The molecule has 35 heavy (non-hydrogen) atoms. The molecule has 3 aromatic rings. The molecule has 1 amide bonds. The molecule has 2 heterocycles. The molecule has 1 fully saturated rings. The second-order valence-corrected chi connectivity index (χ2v) is 9.42. The summed E-state index contributed by atoms with van der Waals surface area (Å²) in [6, 6.07) is 18.4. The Hall–Kier alpha value is -3.42. The number of hydrogen-bond acceptors (Lipinski definition) is 5. The molecule has 4 rings (SSSR count). The molecule has 0 aliphatic carbocycles. The first-order valence-electron chi connectivity index (χ1n) is 11.8. The summed E-state index contributed by atoms with van der Waals surface area (Å²) >= 11 is 6.02. The number of nitrogens with zero attached hydrogens (tertiary/aromatic N) is 2. The van der Waals surface area contributed by atoms with Gasteiger partial charge in [-0.25, -0.2) is 0 Å². The molecule has 0 bridgehead atoms. The second kappa shape index (κ2) is 11.3. The van der Waals surface area contributed by atoms with Crippen molar-refractivity contribution in [1.82, 2.24) is 14.8 Å². The Morgan fingerprint density at radius 3 is 2.57 bits per heavy atom. The number of nitrogen functional groups attached to an aromatic ring is 1. The zero-order valence-corrected chi connectivity index (χ0v) is 20.3. The maximum atomic E-state index is 12.8. The van der Waals surface area contributed by atoms with Crippen LogP contribution >= 0.6 is 11.6 Å². The van der Waals surface area contributed by atoms with Gasteiger partial charge in [0.2, 0.25) is 5.91 Å². The van der Waals surface area contributed by atoms with Gasteiger partial charge in [0, 0.05) is 41.6 Å². The molecule has 0 saturated carbocycles. The molecule has 0 radical (unpaired) electrons. The van der Waals surface area contributed by atoms with Gasteiger partial charge in [-0.15, -0.1) is 0 Å². The molecule has 4 N–H and O–H groups in total. The molecule has 1 unspecified atom stereocenters. The monoisotopic (exact) mass is 491 g/mol. The van der Waals surface area contributed by atoms with E-state index in [0.29, 0.717) is 29.4 Å². The molecule has 182 valence electrons. The fourth-order valence-electron chi connectivity index (χ4n) is 4.41. The number of anilines is 1. The van der Waals surface area contributed by atoms with Crippen molar-refractivity contribution in [2.75, 3.05) is 25.4 Å². The Balaban J connectivity index is 1.29. The van der Waals surface area contributed by atoms with E-state index in [1.165, 1.54) is 5.56 Å². The van der Waals surface area contributed by atoms with Crippen LogP contribution in [0.3, 0.4) is 0 Å². The van der Waals surface area contributed by atoms with Crippen molar-refractivity contribution in [2.24, 2.45) is 5.92 Å². The van der Waals surface area contributed by atoms with Crippen LogP contribution in [0.5, 0.6) is 0 Å². The maximum absolute atomic E-state index is 12.8. The lowest BCUT2D eigenvalue weighted by Gasteiger charge is -2.32. The van der Waals surface area contributed by atoms with Crippen molar-refractivity contribution in [2.45, 2.75) is 25.9 Å². The van der Waals surface area contributed by atoms with Crippen molar-refractivity contribution in [3.63, 3.8) is 0 Å². The topological polar surface area (TPSA) is 104 Å². The highest BCUT2D eigenvalue weighted by Gasteiger charge is 2.26. The lowest BCUT2D eigenvalue weighted by atomic mass is 9.96. The summed E-state index contributed by atoms with van der Waals surface area (Å²) < 4.78 is 1.68. The molecular formula is C27H30ClN5O2. The third-order valence-electron chi connectivity index (χ3n) is 6.34. The van der Waals surface area contributed by atoms with E-state index in [1.54, 1.807) is 41.1 Å². The van der Waals surface area contributed by atoms with E-state index >= 15 is 0 Å². The number of benzene rings is 2. The zero-order valence-electron chi connectivity index (χ0n) is 19.5. The standard InChI is InChI=1S/C27H30ClN5O2/c28-22-10-11-24(29)23(14-22)25(30)15-31-27(35)21-4-3-12-32(18-21)16-19-6-8-20(9-7-19)17-33-13-2-1-5-26(33)34/h1-2,5-11,13-14,21,30H,3-4,12,15-18,29H2,(H,31,35). The van der Waals surface area contributed by atoms with Crippen molar-refractivity contribution in [1.29, 1.82) is 5.41 Å². The first-order chi connectivity index (χ1) is 16.9. The fraction of sp³-hybridized carbons (Fsp3) is 0.296. The largest absolute Gasteiger partial charge is 0.398 e. The van der Waals surface area contributed by atoms with Gasteiger partial charge in [0.25, 0.3) is 5.56 Å². The first kappa shape index (κ1) is 24.7. The van der Waals surface area contributed by atoms with E-state index in [1.807, 2.05) is 6.07 Å². The van der Waals surface area contributed by atoms with Gasteiger partial charge in [0.05, 0.1) is 24.7 Å². The molecule has 1 aliphatic heterocycles. The number of amides is 1. The molecule has 1 atom stereocenters. The highest BCUT2D eigenvalue weighted by molar-refractivity contribution is 6.31. The zero-order chi connectivity index (χ0) is 24.8. The molecule has 1 aromatic heterocycles. The molecular weight excluding hydrogens is 462 g/mol. The predicted octanol–water partition coefficient (Wildman–Crippen LogP) is 3.53. The quantitative estimate of drug-likeness (QED) is 0.331. The Kier molecular flexibility index (Phi) is 8.00. The van der Waals surface area contributed by atoms with Crippen LogP contribution in [0.2, 0.25) is 5.02 Å². The number of carbonyl (C=O) groups excluding carboxylic acids is 1. The van der Waals surface area contributed by atoms with Gasteiger partial charge >= 0.3 is 0 Å². The second-order valence-electron chi connectivity index (χ2n) is 8.99. The highest BCUT2D eigenvalue weighted by Crippen LogP contribution is 2.20. The van der Waals surface area contributed by atoms with Gasteiger partial charge in [-0.2, -0.15) is 0 Å². The van der Waals surface area contributed by atoms with Gasteiger partial charge in [0.1, 0.15) is 0 Å². The smallest absolute Gasteiger partial charge is 0.250 e. The average molecular weight is 492 g/mol. The number of carbonyl (C=O) groups is 1. The number of nitrogens with one attached hydrogen (secondary N) is 2. The predicted molar refractivity (Wildman–Crippen MR) is 140 cm³/mol. The molecule has 1 saturated heterocycles. The van der Waals surface area contributed by atoms with Crippen molar-refractivity contribution >= 4 is 28.9 Å². The minimum atomic E-state index is -0.113. The molecule has 0 spiro atoms. The van der Waals surface area contributed by atoms with E-state index < -0.39 is 0 Å². The number of aromatic nitrogens is 1. The maximum Gasteiger partial charge on any atom is 0.250 e. The summed E-state index contributed by atoms with van der Waals surface area (Å²) in [5.41, 5.74) is 9.44. The summed E-state index contributed by atoms with van der Waals surface area (Å²) in [6.07, 6.45) is 3.58. The average Bonchev–Trinajstić information content (AvgIpc) is 2.86. The van der Waals surface area contributed by atoms with Crippen molar-refractivity contribution < 1.29 is 4.79 Å². The number of halogens is 1. The fourth-order valence-corrected chi connectivity index (χ4v) is 4.59. The van der Waals surface area contributed by atoms with E-state index in [4.69, 9.17) is 22.7 Å². The van der Waals surface area contributed by atoms with Crippen LogP contribution in [0.15, 0.2) is 71.7 Å². The minimum Gasteiger partial charge on any atom is -0.398 e. The SMILES string of the molecule is N=C(CNC(=O)C1CCCN(Cc2ccc(Cn3ccccc3=O)cc2)C1)c1cc(Cl)ccc1N. The number of piperidine rings is 1. The van der Waals surface area contributed by atoms with Crippen LogP contribution in [0, 0.1) is 11.3 Å². The highest BCUT2D eigenvalue weighted by atomic mass is 35.5. The number of pyridine rings is 1. The lowest BCUT2D eigenvalue weighted by Crippen LogP contribution is -2.43. The number of likely N-dealkylation sites (tertiary alicyclic amines) is 1. The van der Waals surface area contributed by atoms with E-state index in [-0.39, 0.29) is 29.6 Å². The third-order valence-corrected chi connectivity index (χ3v) is 6.57. The third kappa shape index (κ3) is 6.59. The van der Waals surface area contributed by atoms with Gasteiger partial charge in [0.15, 0.2) is 0 Å². The summed E-state index contributed by atoms with van der Waals surface area (Å²) in [4.78, 5) is 27.0. The minimum absolute atomic E-state index is 0.0135. The first-order valence-corrected chi connectivity index (χ1v) is 12.1. The molecule has 1 aliphatic rings. The van der Waals surface area contributed by atoms with Gasteiger partial charge in [-0.05, 0) is 54.8 Å². The number of rotatable bonds is 8. The van der Waals surface area contributed by atoms with Crippen molar-refractivity contribution in [3.8, 4) is 0 Å². The Morgan fingerprint density at radius 1 is 1.09 bits per heavy atom. The van der Waals surface area contributed by atoms with Gasteiger partial charge in [-0.1, -0.05) is 41.9 Å². The van der Waals surface area contributed by atoms with Crippen LogP contribution in [0.1, 0.15) is 29.5 Å². The Morgan fingerprint density at radius 2 is 1.83 bits per heavy atom. The number of hydrogen-bond donors (Lipinski definition) is 3. The van der Waals surface area contributed by atoms with E-state index in [0.717, 1.165) is 31.5 Å². The molecule has 7 nitrogen and oxygen atoms in total. The summed E-state index contributed by atoms with van der Waals surface area (Å²) in [5.74, 6) is -0.152. The van der Waals surface area contributed by atoms with E-state index in [2.05, 4.69) is 34.5 Å². The number of nitrogens with two attached hydrogens (primary N) is 1. The van der Waals surface area contributed by atoms with Crippen LogP contribution in [-0.4, -0.2) is 40.7 Å². The van der Waals surface area contributed by atoms with Crippen LogP contribution < -0.4 is 16.6 Å². The normalized spacial score (nSPS) is 16.1. The lowest BCUT2D eigenvalue weighted by molar-refractivity contribution is -0.126. The summed E-state index contributed by atoms with van der Waals surface area (Å²) in [7, 11) is 0. The van der Waals surface area contributed by atoms with Crippen LogP contribution in [-0.2, 0) is 17.9 Å². The van der Waals surface area contributed by atoms with Gasteiger partial charge < -0.3 is 21.0 Å². The van der Waals surface area contributed by atoms with E-state index in [9.17, 15) is 9.59 Å². The molecule has 8 heteroatoms.